The molecule has 26 heavy (non-hydrogen) atoms. The van der Waals surface area contributed by atoms with Crippen molar-refractivity contribution in [2.45, 2.75) is 57.4 Å². The number of hydrogen-bond acceptors (Lipinski definition) is 5. The number of carboxylic acids is 1. The lowest BCUT2D eigenvalue weighted by Crippen LogP contribution is -2.44. The summed E-state index contributed by atoms with van der Waals surface area (Å²) in [6, 6.07) is 6.76. The van der Waals surface area contributed by atoms with Crippen LogP contribution in [0.2, 0.25) is 0 Å². The predicted molar refractivity (Wildman–Crippen MR) is 93.7 cm³/mol. The maximum Gasteiger partial charge on any atom is 0.335 e. The fourth-order valence-electron chi connectivity index (χ4n) is 3.50. The van der Waals surface area contributed by atoms with Gasteiger partial charge in [0.2, 0.25) is 11.8 Å². The van der Waals surface area contributed by atoms with Gasteiger partial charge in [-0.1, -0.05) is 43.1 Å². The molecule has 7 heteroatoms. The Bertz CT molecular complexity index is 794. The SMILES string of the molecule is CCc1nc(C2(NC(=O)CCc3ccccc3C(=O)O)CCCC2)no1. The molecule has 0 radical (unpaired) electrons. The van der Waals surface area contributed by atoms with Crippen molar-refractivity contribution < 1.29 is 19.2 Å². The third-order valence-electron chi connectivity index (χ3n) is 4.90. The molecule has 0 unspecified atom stereocenters. The van der Waals surface area contributed by atoms with Crippen LogP contribution in [0, 0.1) is 0 Å². The topological polar surface area (TPSA) is 105 Å². The first-order valence-electron chi connectivity index (χ1n) is 8.99. The van der Waals surface area contributed by atoms with E-state index in [4.69, 9.17) is 4.52 Å². The number of carbonyl (C=O) groups excluding carboxylic acids is 1. The first-order chi connectivity index (χ1) is 12.5. The molecular weight excluding hydrogens is 334 g/mol. The summed E-state index contributed by atoms with van der Waals surface area (Å²) >= 11 is 0. The highest BCUT2D eigenvalue weighted by molar-refractivity contribution is 5.89. The second-order valence-corrected chi connectivity index (χ2v) is 6.66. The van der Waals surface area contributed by atoms with E-state index in [2.05, 4.69) is 15.5 Å². The Kier molecular flexibility index (Phi) is 5.35. The van der Waals surface area contributed by atoms with E-state index >= 15 is 0 Å². The summed E-state index contributed by atoms with van der Waals surface area (Å²) in [5.41, 5.74) is 0.324. The number of amides is 1. The minimum Gasteiger partial charge on any atom is -0.478 e. The van der Waals surface area contributed by atoms with Crippen molar-refractivity contribution in [1.82, 2.24) is 15.5 Å². The maximum atomic E-state index is 12.6. The first-order valence-corrected chi connectivity index (χ1v) is 8.99. The zero-order valence-electron chi connectivity index (χ0n) is 14.8. The molecule has 3 rings (SSSR count). The summed E-state index contributed by atoms with van der Waals surface area (Å²) in [5.74, 6) is 0.00384. The number of hydrogen-bond donors (Lipinski definition) is 2. The van der Waals surface area contributed by atoms with Gasteiger partial charge in [0.05, 0.1) is 5.56 Å². The Hall–Kier alpha value is -2.70. The summed E-state index contributed by atoms with van der Waals surface area (Å²) < 4.78 is 5.23. The van der Waals surface area contributed by atoms with Crippen LogP contribution in [0.15, 0.2) is 28.8 Å². The van der Waals surface area contributed by atoms with Crippen LogP contribution in [-0.4, -0.2) is 27.1 Å². The quantitative estimate of drug-likeness (QED) is 0.789. The highest BCUT2D eigenvalue weighted by atomic mass is 16.5. The van der Waals surface area contributed by atoms with Crippen LogP contribution >= 0.6 is 0 Å². The van der Waals surface area contributed by atoms with Crippen molar-refractivity contribution in [2.24, 2.45) is 0 Å². The minimum atomic E-state index is -0.979. The van der Waals surface area contributed by atoms with Gasteiger partial charge >= 0.3 is 5.97 Å². The molecule has 1 aliphatic rings. The molecule has 1 aromatic heterocycles. The molecule has 7 nitrogen and oxygen atoms in total. The van der Waals surface area contributed by atoms with Gasteiger partial charge in [-0.05, 0) is 30.9 Å². The van der Waals surface area contributed by atoms with Crippen LogP contribution in [0.5, 0.6) is 0 Å². The van der Waals surface area contributed by atoms with E-state index in [-0.39, 0.29) is 17.9 Å². The van der Waals surface area contributed by atoms with E-state index in [9.17, 15) is 14.7 Å². The Balaban J connectivity index is 1.69. The maximum absolute atomic E-state index is 12.6. The molecule has 1 aromatic carbocycles. The lowest BCUT2D eigenvalue weighted by Gasteiger charge is -2.26. The van der Waals surface area contributed by atoms with E-state index in [0.29, 0.717) is 30.1 Å². The number of carbonyl (C=O) groups is 2. The number of carboxylic acid groups (broad SMARTS) is 1. The number of nitrogens with one attached hydrogen (secondary N) is 1. The summed E-state index contributed by atoms with van der Waals surface area (Å²) in [7, 11) is 0. The van der Waals surface area contributed by atoms with Gasteiger partial charge in [-0.15, -0.1) is 0 Å². The lowest BCUT2D eigenvalue weighted by atomic mass is 9.95. The molecule has 1 amide bonds. The van der Waals surface area contributed by atoms with Gasteiger partial charge in [-0.3, -0.25) is 4.79 Å². The molecule has 2 aromatic rings. The van der Waals surface area contributed by atoms with Crippen molar-refractivity contribution in [3.8, 4) is 0 Å². The van der Waals surface area contributed by atoms with Gasteiger partial charge in [-0.25, -0.2) is 4.79 Å². The average molecular weight is 357 g/mol. The fourth-order valence-corrected chi connectivity index (χ4v) is 3.50. The highest BCUT2D eigenvalue weighted by Gasteiger charge is 2.41. The standard InChI is InChI=1S/C19H23N3O4/c1-2-16-20-18(22-26-16)19(11-5-6-12-19)21-15(23)10-9-13-7-3-4-8-14(13)17(24)25/h3-4,7-8H,2,5-6,9-12H2,1H3,(H,21,23)(H,24,25). The molecule has 138 valence electrons. The number of aromatic nitrogens is 2. The Labute approximate surface area is 151 Å². The second kappa shape index (κ2) is 7.68. The molecule has 0 saturated heterocycles. The van der Waals surface area contributed by atoms with E-state index in [1.165, 1.54) is 0 Å². The van der Waals surface area contributed by atoms with Gasteiger partial charge in [-0.2, -0.15) is 4.98 Å². The average Bonchev–Trinajstić information content (AvgIpc) is 3.30. The van der Waals surface area contributed by atoms with Crippen LogP contribution in [0.25, 0.3) is 0 Å². The molecule has 1 aliphatic carbocycles. The molecule has 0 spiro atoms. The lowest BCUT2D eigenvalue weighted by molar-refractivity contribution is -0.123. The van der Waals surface area contributed by atoms with Gasteiger partial charge in [0.1, 0.15) is 5.54 Å². The molecule has 0 bridgehead atoms. The molecular formula is C19H23N3O4. The molecule has 1 heterocycles. The Morgan fingerprint density at radius 1 is 1.27 bits per heavy atom. The van der Waals surface area contributed by atoms with E-state index < -0.39 is 11.5 Å². The van der Waals surface area contributed by atoms with Gasteiger partial charge in [0.15, 0.2) is 5.82 Å². The minimum absolute atomic E-state index is 0.130. The molecule has 1 saturated carbocycles. The van der Waals surface area contributed by atoms with Crippen LogP contribution < -0.4 is 5.32 Å². The molecule has 0 atom stereocenters. The Morgan fingerprint density at radius 2 is 2.00 bits per heavy atom. The van der Waals surface area contributed by atoms with Crippen molar-refractivity contribution in [2.75, 3.05) is 0 Å². The monoisotopic (exact) mass is 357 g/mol. The summed E-state index contributed by atoms with van der Waals surface area (Å²) in [4.78, 5) is 28.3. The number of benzene rings is 1. The van der Waals surface area contributed by atoms with Crippen LogP contribution in [0.1, 0.15) is 66.7 Å². The number of aromatic carboxylic acids is 1. The van der Waals surface area contributed by atoms with Crippen LogP contribution in [0.4, 0.5) is 0 Å². The van der Waals surface area contributed by atoms with Gasteiger partial charge in [0, 0.05) is 12.8 Å². The summed E-state index contributed by atoms with van der Waals surface area (Å²) in [5, 5.41) is 16.4. The van der Waals surface area contributed by atoms with E-state index in [1.54, 1.807) is 24.3 Å². The van der Waals surface area contributed by atoms with Crippen LogP contribution in [-0.2, 0) is 23.2 Å². The normalized spacial score (nSPS) is 15.7. The summed E-state index contributed by atoms with van der Waals surface area (Å²) in [6.07, 6.45) is 4.81. The number of rotatable bonds is 7. The Morgan fingerprint density at radius 3 is 2.65 bits per heavy atom. The zero-order valence-corrected chi connectivity index (χ0v) is 14.8. The van der Waals surface area contributed by atoms with E-state index in [0.717, 1.165) is 25.7 Å². The number of nitrogens with zero attached hydrogens (tertiary/aromatic N) is 2. The predicted octanol–water partition coefficient (Wildman–Crippen LogP) is 2.85. The smallest absolute Gasteiger partial charge is 0.335 e. The van der Waals surface area contributed by atoms with Gasteiger partial charge in [0.25, 0.3) is 0 Å². The highest BCUT2D eigenvalue weighted by Crippen LogP contribution is 2.37. The first kappa shape index (κ1) is 18.1. The molecule has 0 aliphatic heterocycles. The molecule has 2 N–H and O–H groups in total. The third-order valence-corrected chi connectivity index (χ3v) is 4.90. The second-order valence-electron chi connectivity index (χ2n) is 6.66. The molecule has 1 fully saturated rings. The largest absolute Gasteiger partial charge is 0.478 e. The van der Waals surface area contributed by atoms with Crippen molar-refractivity contribution in [3.05, 3.63) is 47.1 Å². The van der Waals surface area contributed by atoms with E-state index in [1.807, 2.05) is 6.92 Å². The van der Waals surface area contributed by atoms with Crippen molar-refractivity contribution in [3.63, 3.8) is 0 Å². The third kappa shape index (κ3) is 3.76. The van der Waals surface area contributed by atoms with Crippen molar-refractivity contribution >= 4 is 11.9 Å². The fraction of sp³-hybridized carbons (Fsp3) is 0.474. The zero-order chi connectivity index (χ0) is 18.6. The number of aryl methyl sites for hydroxylation is 2. The van der Waals surface area contributed by atoms with Gasteiger partial charge < -0.3 is 14.9 Å². The summed E-state index contributed by atoms with van der Waals surface area (Å²) in [6.45, 7) is 1.94. The van der Waals surface area contributed by atoms with Crippen LogP contribution in [0.3, 0.4) is 0 Å². The van der Waals surface area contributed by atoms with Crippen molar-refractivity contribution in [1.29, 1.82) is 0 Å².